The summed E-state index contributed by atoms with van der Waals surface area (Å²) in [5.74, 6) is 0.393. The lowest BCUT2D eigenvalue weighted by molar-refractivity contribution is -0.120. The molecule has 0 N–H and O–H groups in total. The molecule has 4 rings (SSSR count). The Bertz CT molecular complexity index is 1100. The van der Waals surface area contributed by atoms with Crippen LogP contribution in [-0.4, -0.2) is 31.5 Å². The molecule has 1 heterocycles. The number of ether oxygens (including phenoxy) is 1. The molecule has 5 nitrogen and oxygen atoms in total. The van der Waals surface area contributed by atoms with Crippen LogP contribution < -0.4 is 14.5 Å². The van der Waals surface area contributed by atoms with Crippen molar-refractivity contribution in [2.75, 3.05) is 23.5 Å². The Morgan fingerprint density at radius 3 is 2.28 bits per heavy atom. The zero-order chi connectivity index (χ0) is 22.7. The molecule has 0 aromatic heterocycles. The molecule has 32 heavy (non-hydrogen) atoms. The van der Waals surface area contributed by atoms with Gasteiger partial charge in [-0.3, -0.25) is 9.59 Å². The van der Waals surface area contributed by atoms with Crippen LogP contribution in [0.5, 0.6) is 5.75 Å². The molecule has 0 fully saturated rings. The number of nitrogens with zero attached hydrogens (tertiary/aromatic N) is 2. The van der Waals surface area contributed by atoms with Gasteiger partial charge in [0.15, 0.2) is 0 Å². The van der Waals surface area contributed by atoms with Gasteiger partial charge in [0.2, 0.25) is 5.91 Å². The molecule has 3 aromatic rings. The SMILES string of the molecule is CCN(C(=O)[C@H]1C[C@H](C)N(C(=O)c2ccc(OC)cc2)c2ccccc21)c1ccccc1. The summed E-state index contributed by atoms with van der Waals surface area (Å²) >= 11 is 0. The summed E-state index contributed by atoms with van der Waals surface area (Å²) in [5.41, 5.74) is 3.18. The highest BCUT2D eigenvalue weighted by Crippen LogP contribution is 2.40. The van der Waals surface area contributed by atoms with Gasteiger partial charge in [-0.2, -0.15) is 0 Å². The van der Waals surface area contributed by atoms with Crippen molar-refractivity contribution in [3.63, 3.8) is 0 Å². The molecule has 0 unspecified atom stereocenters. The van der Waals surface area contributed by atoms with Crippen LogP contribution in [0.25, 0.3) is 0 Å². The molecular formula is C27H28N2O3. The molecule has 0 saturated carbocycles. The number of amides is 2. The number of rotatable bonds is 5. The molecule has 0 saturated heterocycles. The molecule has 0 bridgehead atoms. The van der Waals surface area contributed by atoms with E-state index in [9.17, 15) is 9.59 Å². The maximum Gasteiger partial charge on any atom is 0.258 e. The predicted octanol–water partition coefficient (Wildman–Crippen LogP) is 5.27. The number of anilines is 2. The topological polar surface area (TPSA) is 49.9 Å². The van der Waals surface area contributed by atoms with Gasteiger partial charge in [-0.15, -0.1) is 0 Å². The van der Waals surface area contributed by atoms with E-state index in [2.05, 4.69) is 0 Å². The van der Waals surface area contributed by atoms with Crippen molar-refractivity contribution in [3.8, 4) is 5.75 Å². The van der Waals surface area contributed by atoms with Crippen molar-refractivity contribution < 1.29 is 14.3 Å². The Labute approximate surface area is 189 Å². The van der Waals surface area contributed by atoms with E-state index in [1.54, 1.807) is 31.4 Å². The summed E-state index contributed by atoms with van der Waals surface area (Å²) in [6.45, 7) is 4.59. The van der Waals surface area contributed by atoms with Crippen LogP contribution in [0.3, 0.4) is 0 Å². The number of benzene rings is 3. The Morgan fingerprint density at radius 1 is 0.969 bits per heavy atom. The van der Waals surface area contributed by atoms with Gasteiger partial charge in [0.25, 0.3) is 5.91 Å². The van der Waals surface area contributed by atoms with Crippen molar-refractivity contribution in [1.29, 1.82) is 0 Å². The van der Waals surface area contributed by atoms with Crippen LogP contribution in [-0.2, 0) is 4.79 Å². The van der Waals surface area contributed by atoms with Crippen molar-refractivity contribution >= 4 is 23.2 Å². The average molecular weight is 429 g/mol. The van der Waals surface area contributed by atoms with E-state index in [0.717, 1.165) is 16.9 Å². The smallest absolute Gasteiger partial charge is 0.258 e. The molecular weight excluding hydrogens is 400 g/mol. The van der Waals surface area contributed by atoms with Gasteiger partial charge in [-0.25, -0.2) is 0 Å². The number of hydrogen-bond donors (Lipinski definition) is 0. The minimum Gasteiger partial charge on any atom is -0.497 e. The summed E-state index contributed by atoms with van der Waals surface area (Å²) in [6, 6.07) is 24.5. The lowest BCUT2D eigenvalue weighted by Crippen LogP contribution is -2.46. The van der Waals surface area contributed by atoms with Crippen LogP contribution in [0.15, 0.2) is 78.9 Å². The third-order valence-electron chi connectivity index (χ3n) is 6.09. The first-order valence-electron chi connectivity index (χ1n) is 11.0. The van der Waals surface area contributed by atoms with Crippen LogP contribution in [0.2, 0.25) is 0 Å². The third-order valence-corrected chi connectivity index (χ3v) is 6.09. The Balaban J connectivity index is 1.69. The van der Waals surface area contributed by atoms with Crippen LogP contribution >= 0.6 is 0 Å². The van der Waals surface area contributed by atoms with Gasteiger partial charge in [0.1, 0.15) is 5.75 Å². The van der Waals surface area contributed by atoms with Crippen molar-refractivity contribution in [1.82, 2.24) is 0 Å². The second-order valence-electron chi connectivity index (χ2n) is 8.02. The predicted molar refractivity (Wildman–Crippen MR) is 128 cm³/mol. The average Bonchev–Trinajstić information content (AvgIpc) is 2.84. The van der Waals surface area contributed by atoms with E-state index in [0.29, 0.717) is 24.3 Å². The van der Waals surface area contributed by atoms with Gasteiger partial charge in [0, 0.05) is 29.5 Å². The number of likely N-dealkylation sites (N-methyl/N-ethyl adjacent to an activating group) is 1. The summed E-state index contributed by atoms with van der Waals surface area (Å²) in [5, 5.41) is 0. The molecule has 3 aromatic carbocycles. The monoisotopic (exact) mass is 428 g/mol. The number of carbonyl (C=O) groups is 2. The first kappa shape index (κ1) is 21.6. The van der Waals surface area contributed by atoms with Crippen molar-refractivity contribution in [2.45, 2.75) is 32.2 Å². The minimum atomic E-state index is -0.304. The first-order valence-corrected chi connectivity index (χ1v) is 11.0. The van der Waals surface area contributed by atoms with Gasteiger partial charge in [-0.1, -0.05) is 36.4 Å². The van der Waals surface area contributed by atoms with Crippen molar-refractivity contribution in [3.05, 3.63) is 90.0 Å². The van der Waals surface area contributed by atoms with Gasteiger partial charge >= 0.3 is 0 Å². The Kier molecular flexibility index (Phi) is 6.26. The lowest BCUT2D eigenvalue weighted by atomic mass is 9.84. The van der Waals surface area contributed by atoms with E-state index < -0.39 is 0 Å². The number of hydrogen-bond acceptors (Lipinski definition) is 3. The Morgan fingerprint density at radius 2 is 1.62 bits per heavy atom. The van der Waals surface area contributed by atoms with Gasteiger partial charge < -0.3 is 14.5 Å². The van der Waals surface area contributed by atoms with E-state index >= 15 is 0 Å². The second-order valence-corrected chi connectivity index (χ2v) is 8.02. The fourth-order valence-electron chi connectivity index (χ4n) is 4.49. The van der Waals surface area contributed by atoms with Crippen LogP contribution in [0, 0.1) is 0 Å². The molecule has 0 spiro atoms. The zero-order valence-corrected chi connectivity index (χ0v) is 18.7. The summed E-state index contributed by atoms with van der Waals surface area (Å²) in [4.78, 5) is 30.8. The molecule has 0 aliphatic carbocycles. The molecule has 1 aliphatic rings. The highest BCUT2D eigenvalue weighted by Gasteiger charge is 2.38. The zero-order valence-electron chi connectivity index (χ0n) is 18.7. The molecule has 1 aliphatic heterocycles. The lowest BCUT2D eigenvalue weighted by Gasteiger charge is -2.40. The summed E-state index contributed by atoms with van der Waals surface area (Å²) in [7, 11) is 1.60. The van der Waals surface area contributed by atoms with Crippen molar-refractivity contribution in [2.24, 2.45) is 0 Å². The minimum absolute atomic E-state index is 0.0644. The van der Waals surface area contributed by atoms with E-state index in [1.165, 1.54) is 0 Å². The second kappa shape index (κ2) is 9.27. The van der Waals surface area contributed by atoms with E-state index in [4.69, 9.17) is 4.74 Å². The fourth-order valence-corrected chi connectivity index (χ4v) is 4.49. The fraction of sp³-hybridized carbons (Fsp3) is 0.259. The molecule has 5 heteroatoms. The summed E-state index contributed by atoms with van der Waals surface area (Å²) < 4.78 is 5.21. The van der Waals surface area contributed by atoms with Crippen LogP contribution in [0.1, 0.15) is 42.1 Å². The molecule has 2 atom stereocenters. The van der Waals surface area contributed by atoms with Gasteiger partial charge in [-0.05, 0) is 68.3 Å². The number of para-hydroxylation sites is 2. The maximum atomic E-state index is 13.7. The van der Waals surface area contributed by atoms with Crippen LogP contribution in [0.4, 0.5) is 11.4 Å². The third kappa shape index (κ3) is 3.98. The van der Waals surface area contributed by atoms with E-state index in [1.807, 2.05) is 78.2 Å². The number of fused-ring (bicyclic) bond motifs is 1. The highest BCUT2D eigenvalue weighted by atomic mass is 16.5. The molecule has 164 valence electrons. The Hall–Kier alpha value is -3.60. The maximum absolute atomic E-state index is 13.7. The quantitative estimate of drug-likeness (QED) is 0.556. The van der Waals surface area contributed by atoms with E-state index in [-0.39, 0.29) is 23.8 Å². The normalized spacial score (nSPS) is 17.4. The highest BCUT2D eigenvalue weighted by molar-refractivity contribution is 6.09. The first-order chi connectivity index (χ1) is 15.5. The number of carbonyl (C=O) groups excluding carboxylic acids is 2. The summed E-state index contributed by atoms with van der Waals surface area (Å²) in [6.07, 6.45) is 0.571. The molecule has 2 amide bonds. The standard InChI is InChI=1S/C27H28N2O3/c1-4-28(21-10-6-5-7-11-21)27(31)24-18-19(2)29(25-13-9-8-12-23(24)25)26(30)20-14-16-22(32-3)17-15-20/h5-17,19,24H,4,18H2,1-3H3/t19-,24-/m0/s1. The van der Waals surface area contributed by atoms with Gasteiger partial charge in [0.05, 0.1) is 13.0 Å². The molecule has 0 radical (unpaired) electrons. The largest absolute Gasteiger partial charge is 0.497 e. The number of methoxy groups -OCH3 is 1.